The third-order valence-corrected chi connectivity index (χ3v) is 6.41. The predicted molar refractivity (Wildman–Crippen MR) is 160 cm³/mol. The Hall–Kier alpha value is -5.33. The summed E-state index contributed by atoms with van der Waals surface area (Å²) in [7, 11) is 1.29. The number of hydrogen-bond donors (Lipinski definition) is 3. The van der Waals surface area contributed by atoms with Crippen LogP contribution < -0.4 is 10.6 Å². The lowest BCUT2D eigenvalue weighted by atomic mass is 10.1. The van der Waals surface area contributed by atoms with Crippen molar-refractivity contribution >= 4 is 34.3 Å². The minimum atomic E-state index is -1.06. The highest BCUT2D eigenvalue weighted by molar-refractivity contribution is 6.14. The van der Waals surface area contributed by atoms with E-state index in [1.165, 1.54) is 7.11 Å². The normalized spacial score (nSPS) is 11.0. The van der Waals surface area contributed by atoms with Gasteiger partial charge in [0.2, 0.25) is 0 Å². The van der Waals surface area contributed by atoms with Crippen molar-refractivity contribution in [2.45, 2.75) is 32.5 Å². The Morgan fingerprint density at radius 1 is 1.07 bits per heavy atom. The molecular weight excluding hydrogens is 532 g/mol. The third-order valence-electron chi connectivity index (χ3n) is 6.41. The molecule has 5 rings (SSSR count). The van der Waals surface area contributed by atoms with Crippen molar-refractivity contribution < 1.29 is 23.8 Å². The first kappa shape index (κ1) is 28.2. The Morgan fingerprint density at radius 2 is 1.83 bits per heavy atom. The van der Waals surface area contributed by atoms with E-state index < -0.39 is 11.6 Å². The van der Waals surface area contributed by atoms with E-state index in [1.807, 2.05) is 36.4 Å². The molecule has 3 heterocycles. The van der Waals surface area contributed by atoms with Gasteiger partial charge in [-0.15, -0.1) is 0 Å². The predicted octanol–water partition coefficient (Wildman–Crippen LogP) is 5.45. The molecule has 3 aromatic heterocycles. The Morgan fingerprint density at radius 3 is 2.50 bits per heavy atom. The maximum Gasteiger partial charge on any atom is 0.356 e. The van der Waals surface area contributed by atoms with Crippen molar-refractivity contribution in [3.05, 3.63) is 113 Å². The van der Waals surface area contributed by atoms with E-state index in [9.17, 15) is 14.7 Å². The van der Waals surface area contributed by atoms with Crippen LogP contribution >= 0.6 is 0 Å². The number of hydrogen-bond acceptors (Lipinski definition) is 7. The number of pyridine rings is 1. The molecule has 0 saturated carbocycles. The van der Waals surface area contributed by atoms with Crippen LogP contribution in [0.15, 0.2) is 89.7 Å². The Balaban J connectivity index is 1.50. The second kappa shape index (κ2) is 12.0. The molecule has 0 aliphatic rings. The molecule has 5 aromatic rings. The van der Waals surface area contributed by atoms with Crippen LogP contribution in [-0.4, -0.2) is 39.2 Å². The van der Waals surface area contributed by atoms with Gasteiger partial charge in [0.05, 0.1) is 37.5 Å². The van der Waals surface area contributed by atoms with Crippen molar-refractivity contribution in [1.29, 1.82) is 0 Å². The second-order valence-electron chi connectivity index (χ2n) is 10.2. The molecule has 9 heteroatoms. The maximum atomic E-state index is 13.2. The number of carbonyl (C=O) groups is 2. The number of methoxy groups -OCH3 is 1. The third kappa shape index (κ3) is 6.52. The standard InChI is InChI=1S/C33H30N4O5/c1-33(2,40)16-15-22-11-13-23(14-12-22)19-34-25-18-27-28(36-31(38)24-8-5-4-6-9-24)29(32(39)41-3)37(30(27)35-20-25)21-26-10-7-17-42-26/h4-14,17-18,20,34,40H,19,21H2,1-3H3,(H,36,38). The summed E-state index contributed by atoms with van der Waals surface area (Å²) in [6, 6.07) is 21.9. The molecule has 0 atom stereocenters. The van der Waals surface area contributed by atoms with E-state index in [-0.39, 0.29) is 18.1 Å². The molecule has 0 radical (unpaired) electrons. The van der Waals surface area contributed by atoms with Gasteiger partial charge < -0.3 is 29.5 Å². The van der Waals surface area contributed by atoms with Gasteiger partial charge in [-0.25, -0.2) is 9.78 Å². The highest BCUT2D eigenvalue weighted by Gasteiger charge is 2.27. The number of anilines is 2. The van der Waals surface area contributed by atoms with Gasteiger partial charge in [-0.3, -0.25) is 4.79 Å². The van der Waals surface area contributed by atoms with Gasteiger partial charge >= 0.3 is 5.97 Å². The van der Waals surface area contributed by atoms with Gasteiger partial charge in [-0.2, -0.15) is 0 Å². The minimum Gasteiger partial charge on any atom is -0.467 e. The average molecular weight is 563 g/mol. The molecule has 0 fully saturated rings. The molecule has 42 heavy (non-hydrogen) atoms. The summed E-state index contributed by atoms with van der Waals surface area (Å²) in [4.78, 5) is 31.0. The molecule has 0 aliphatic carbocycles. The van der Waals surface area contributed by atoms with Crippen molar-refractivity contribution in [2.75, 3.05) is 17.7 Å². The van der Waals surface area contributed by atoms with E-state index in [0.29, 0.717) is 40.3 Å². The molecule has 0 saturated heterocycles. The maximum absolute atomic E-state index is 13.2. The lowest BCUT2D eigenvalue weighted by molar-refractivity contribution is 0.0590. The van der Waals surface area contributed by atoms with Crippen LogP contribution in [-0.2, 0) is 17.8 Å². The molecule has 1 amide bonds. The molecule has 0 aliphatic heterocycles. The topological polar surface area (TPSA) is 119 Å². The number of aromatic nitrogens is 2. The summed E-state index contributed by atoms with van der Waals surface area (Å²) in [6.45, 7) is 3.98. The summed E-state index contributed by atoms with van der Waals surface area (Å²) in [5.41, 5.74) is 2.81. The molecule has 9 nitrogen and oxygen atoms in total. The number of amides is 1. The van der Waals surface area contributed by atoms with Gasteiger partial charge in [0.15, 0.2) is 5.69 Å². The number of nitrogens with zero attached hydrogens (tertiary/aromatic N) is 2. The number of nitrogens with one attached hydrogen (secondary N) is 2. The van der Waals surface area contributed by atoms with Crippen LogP contribution in [0.1, 0.15) is 51.6 Å². The summed E-state index contributed by atoms with van der Waals surface area (Å²) in [6.07, 6.45) is 3.23. The Bertz CT molecular complexity index is 1770. The zero-order chi connectivity index (χ0) is 29.7. The zero-order valence-electron chi connectivity index (χ0n) is 23.5. The van der Waals surface area contributed by atoms with E-state index in [0.717, 1.165) is 11.1 Å². The summed E-state index contributed by atoms with van der Waals surface area (Å²) >= 11 is 0. The smallest absolute Gasteiger partial charge is 0.356 e. The van der Waals surface area contributed by atoms with Crippen LogP contribution in [0.4, 0.5) is 11.4 Å². The van der Waals surface area contributed by atoms with Crippen LogP contribution in [0.2, 0.25) is 0 Å². The number of furan rings is 1. The highest BCUT2D eigenvalue weighted by Crippen LogP contribution is 2.34. The number of benzene rings is 2. The van der Waals surface area contributed by atoms with Crippen LogP contribution in [0.3, 0.4) is 0 Å². The van der Waals surface area contributed by atoms with Gasteiger partial charge in [0.25, 0.3) is 5.91 Å². The summed E-state index contributed by atoms with van der Waals surface area (Å²) < 4.78 is 12.3. The number of esters is 1. The lowest BCUT2D eigenvalue weighted by Crippen LogP contribution is -2.17. The number of rotatable bonds is 8. The summed E-state index contributed by atoms with van der Waals surface area (Å²) in [5, 5.41) is 16.7. The quantitative estimate of drug-likeness (QED) is 0.170. The second-order valence-corrected chi connectivity index (χ2v) is 10.2. The summed E-state index contributed by atoms with van der Waals surface area (Å²) in [5.74, 6) is 5.39. The fourth-order valence-corrected chi connectivity index (χ4v) is 4.38. The largest absolute Gasteiger partial charge is 0.467 e. The number of aliphatic hydroxyl groups is 1. The Labute approximate surface area is 243 Å². The molecule has 2 aromatic carbocycles. The lowest BCUT2D eigenvalue weighted by Gasteiger charge is -2.10. The fraction of sp³-hybridized carbons (Fsp3) is 0.182. The SMILES string of the molecule is COC(=O)c1c(NC(=O)c2ccccc2)c2cc(NCc3ccc(C#CC(C)(C)O)cc3)cnc2n1Cc1ccco1. The van der Waals surface area contributed by atoms with Crippen molar-refractivity contribution in [3.63, 3.8) is 0 Å². The highest BCUT2D eigenvalue weighted by atomic mass is 16.5. The first-order valence-corrected chi connectivity index (χ1v) is 13.3. The van der Waals surface area contributed by atoms with Crippen molar-refractivity contribution in [2.24, 2.45) is 0 Å². The van der Waals surface area contributed by atoms with Crippen molar-refractivity contribution in [1.82, 2.24) is 9.55 Å². The zero-order valence-corrected chi connectivity index (χ0v) is 23.5. The molecule has 212 valence electrons. The van der Waals surface area contributed by atoms with E-state index in [1.54, 1.807) is 67.3 Å². The average Bonchev–Trinajstić information content (AvgIpc) is 3.61. The van der Waals surface area contributed by atoms with Crippen LogP contribution in [0.25, 0.3) is 11.0 Å². The molecule has 0 spiro atoms. The number of carbonyl (C=O) groups excluding carboxylic acids is 2. The Kier molecular flexibility index (Phi) is 8.09. The molecule has 3 N–H and O–H groups in total. The van der Waals surface area contributed by atoms with Gasteiger partial charge in [-0.1, -0.05) is 42.2 Å². The van der Waals surface area contributed by atoms with Crippen LogP contribution in [0.5, 0.6) is 0 Å². The minimum absolute atomic E-state index is 0.153. The van der Waals surface area contributed by atoms with Gasteiger partial charge in [0.1, 0.15) is 17.0 Å². The first-order valence-electron chi connectivity index (χ1n) is 13.3. The first-order chi connectivity index (χ1) is 20.2. The molecular formula is C33H30N4O5. The molecule has 0 unspecified atom stereocenters. The van der Waals surface area contributed by atoms with Gasteiger partial charge in [0, 0.05) is 23.1 Å². The monoisotopic (exact) mass is 562 g/mol. The van der Waals surface area contributed by atoms with Crippen molar-refractivity contribution in [3.8, 4) is 11.8 Å². The van der Waals surface area contributed by atoms with E-state index in [4.69, 9.17) is 9.15 Å². The van der Waals surface area contributed by atoms with E-state index >= 15 is 0 Å². The number of ether oxygens (including phenoxy) is 1. The van der Waals surface area contributed by atoms with Gasteiger partial charge in [-0.05, 0) is 61.9 Å². The fourth-order valence-electron chi connectivity index (χ4n) is 4.38. The van der Waals surface area contributed by atoms with Crippen LogP contribution in [0, 0.1) is 11.8 Å². The number of fused-ring (bicyclic) bond motifs is 1. The molecule has 0 bridgehead atoms. The van der Waals surface area contributed by atoms with E-state index in [2.05, 4.69) is 27.5 Å².